The maximum atomic E-state index is 13.9. The Balaban J connectivity index is 1.79. The lowest BCUT2D eigenvalue weighted by atomic mass is 10.1. The molecule has 0 aliphatic carbocycles. The predicted molar refractivity (Wildman–Crippen MR) is 79.2 cm³/mol. The van der Waals surface area contributed by atoms with Crippen LogP contribution in [0.4, 0.5) is 10.1 Å². The van der Waals surface area contributed by atoms with Crippen molar-refractivity contribution in [2.45, 2.75) is 18.9 Å². The third kappa shape index (κ3) is 2.24. The van der Waals surface area contributed by atoms with E-state index in [1.54, 1.807) is 6.07 Å². The summed E-state index contributed by atoms with van der Waals surface area (Å²) in [5.41, 5.74) is 6.56. The molecule has 2 fully saturated rings. The van der Waals surface area contributed by atoms with Crippen molar-refractivity contribution in [2.75, 3.05) is 24.5 Å². The van der Waals surface area contributed by atoms with Crippen LogP contribution in [-0.2, 0) is 4.79 Å². The van der Waals surface area contributed by atoms with Gasteiger partial charge in [0.05, 0.1) is 0 Å². The zero-order valence-corrected chi connectivity index (χ0v) is 11.8. The van der Waals surface area contributed by atoms with E-state index in [0.717, 1.165) is 25.2 Å². The van der Waals surface area contributed by atoms with E-state index < -0.39 is 0 Å². The van der Waals surface area contributed by atoms with Gasteiger partial charge in [-0.2, -0.15) is 0 Å². The first-order valence-electron chi connectivity index (χ1n) is 6.70. The van der Waals surface area contributed by atoms with E-state index >= 15 is 0 Å². The monoisotopic (exact) mass is 293 g/mol. The van der Waals surface area contributed by atoms with E-state index in [0.29, 0.717) is 13.0 Å². The van der Waals surface area contributed by atoms with Crippen LogP contribution < -0.4 is 10.6 Å². The molecule has 0 aromatic heterocycles. The second-order valence-corrected chi connectivity index (χ2v) is 5.69. The van der Waals surface area contributed by atoms with Gasteiger partial charge in [0.15, 0.2) is 0 Å². The normalized spacial score (nSPS) is 22.1. The summed E-state index contributed by atoms with van der Waals surface area (Å²) in [5, 5.41) is 0. The minimum absolute atomic E-state index is 0.0697. The van der Waals surface area contributed by atoms with Gasteiger partial charge in [-0.25, -0.2) is 4.39 Å². The van der Waals surface area contributed by atoms with E-state index in [9.17, 15) is 9.18 Å². The lowest BCUT2D eigenvalue weighted by Gasteiger charge is -2.38. The molecule has 2 aliphatic rings. The van der Waals surface area contributed by atoms with E-state index in [2.05, 4.69) is 4.90 Å². The van der Waals surface area contributed by atoms with Crippen molar-refractivity contribution < 1.29 is 9.18 Å². The maximum Gasteiger partial charge on any atom is 0.223 e. The number of thiocarbonyl (C=S) groups is 1. The van der Waals surface area contributed by atoms with Gasteiger partial charge in [0.1, 0.15) is 10.8 Å². The first-order chi connectivity index (χ1) is 9.56. The molecule has 0 saturated carbocycles. The van der Waals surface area contributed by atoms with Crippen molar-refractivity contribution in [3.8, 4) is 0 Å². The molecule has 2 saturated heterocycles. The summed E-state index contributed by atoms with van der Waals surface area (Å²) in [6.07, 6.45) is 1.52. The summed E-state index contributed by atoms with van der Waals surface area (Å²) in [4.78, 5) is 15.8. The minimum atomic E-state index is -0.389. The number of anilines is 1. The number of hydrogen-bond donors (Lipinski definition) is 1. The van der Waals surface area contributed by atoms with Crippen molar-refractivity contribution in [3.05, 3.63) is 29.6 Å². The van der Waals surface area contributed by atoms with Crippen LogP contribution in [0.5, 0.6) is 0 Å². The quantitative estimate of drug-likeness (QED) is 0.834. The van der Waals surface area contributed by atoms with Crippen LogP contribution in [0.25, 0.3) is 0 Å². The van der Waals surface area contributed by atoms with Gasteiger partial charge in [-0.15, -0.1) is 0 Å². The first-order valence-corrected chi connectivity index (χ1v) is 7.11. The molecule has 20 heavy (non-hydrogen) atoms. The molecule has 1 unspecified atom stereocenters. The predicted octanol–water partition coefficient (Wildman–Crippen LogP) is 1.27. The van der Waals surface area contributed by atoms with Gasteiger partial charge in [0.2, 0.25) is 5.91 Å². The summed E-state index contributed by atoms with van der Waals surface area (Å²) >= 11 is 4.80. The number of carbonyl (C=O) groups excluding carboxylic acids is 1. The Kier molecular flexibility index (Phi) is 3.33. The molecule has 4 nitrogen and oxygen atoms in total. The number of nitrogens with zero attached hydrogens (tertiary/aromatic N) is 2. The first kappa shape index (κ1) is 13.3. The minimum Gasteiger partial charge on any atom is -0.389 e. The number of piperazine rings is 1. The molecule has 0 spiro atoms. The maximum absolute atomic E-state index is 13.9. The van der Waals surface area contributed by atoms with Gasteiger partial charge in [0.25, 0.3) is 0 Å². The number of hydrogen-bond acceptors (Lipinski definition) is 3. The number of fused-ring (bicyclic) bond motifs is 1. The topological polar surface area (TPSA) is 49.6 Å². The molecule has 1 aromatic carbocycles. The summed E-state index contributed by atoms with van der Waals surface area (Å²) < 4.78 is 13.9. The highest BCUT2D eigenvalue weighted by atomic mass is 32.1. The van der Waals surface area contributed by atoms with Gasteiger partial charge < -0.3 is 15.5 Å². The second kappa shape index (κ2) is 5.01. The van der Waals surface area contributed by atoms with Crippen molar-refractivity contribution in [3.63, 3.8) is 0 Å². The van der Waals surface area contributed by atoms with E-state index in [-0.39, 0.29) is 28.3 Å². The van der Waals surface area contributed by atoms with Crippen LogP contribution in [0.3, 0.4) is 0 Å². The van der Waals surface area contributed by atoms with Crippen LogP contribution >= 0.6 is 12.2 Å². The number of benzene rings is 1. The summed E-state index contributed by atoms with van der Waals surface area (Å²) in [6.45, 7) is 2.20. The van der Waals surface area contributed by atoms with Crippen LogP contribution in [0, 0.1) is 5.82 Å². The summed E-state index contributed by atoms with van der Waals surface area (Å²) in [6, 6.07) is 5.19. The van der Waals surface area contributed by atoms with Gasteiger partial charge in [0, 0.05) is 43.3 Å². The Morgan fingerprint density at radius 3 is 2.90 bits per heavy atom. The number of carbonyl (C=O) groups is 1. The molecule has 1 atom stereocenters. The fourth-order valence-electron chi connectivity index (χ4n) is 3.00. The second-order valence-electron chi connectivity index (χ2n) is 5.25. The molecule has 2 aliphatic heterocycles. The molecule has 1 amide bonds. The smallest absolute Gasteiger partial charge is 0.223 e. The van der Waals surface area contributed by atoms with Gasteiger partial charge in [-0.1, -0.05) is 12.2 Å². The highest BCUT2D eigenvalue weighted by Gasteiger charge is 2.35. The average molecular weight is 293 g/mol. The Hall–Kier alpha value is -1.69. The van der Waals surface area contributed by atoms with Crippen molar-refractivity contribution >= 4 is 28.8 Å². The van der Waals surface area contributed by atoms with E-state index in [1.807, 2.05) is 11.0 Å². The van der Waals surface area contributed by atoms with Crippen LogP contribution in [0.1, 0.15) is 18.4 Å². The highest BCUT2D eigenvalue weighted by Crippen LogP contribution is 2.27. The van der Waals surface area contributed by atoms with Gasteiger partial charge in [-0.05, 0) is 24.6 Å². The molecule has 1 aromatic rings. The van der Waals surface area contributed by atoms with Crippen molar-refractivity contribution in [1.82, 2.24) is 4.90 Å². The fraction of sp³-hybridized carbons (Fsp3) is 0.429. The number of halogens is 1. The number of rotatable bonds is 2. The van der Waals surface area contributed by atoms with Crippen LogP contribution in [-0.4, -0.2) is 41.5 Å². The van der Waals surface area contributed by atoms with E-state index in [1.165, 1.54) is 6.07 Å². The number of amides is 1. The lowest BCUT2D eigenvalue weighted by molar-refractivity contribution is -0.129. The Labute approximate surface area is 122 Å². The third-order valence-corrected chi connectivity index (χ3v) is 4.30. The lowest BCUT2D eigenvalue weighted by Crippen LogP contribution is -2.51. The largest absolute Gasteiger partial charge is 0.389 e. The number of nitrogens with two attached hydrogens (primary N) is 1. The zero-order valence-electron chi connectivity index (χ0n) is 11.0. The molecule has 0 radical (unpaired) electrons. The molecular formula is C14H16FN3OS. The molecular weight excluding hydrogens is 277 g/mol. The molecule has 3 rings (SSSR count). The SMILES string of the molecule is NC(=S)c1ccc(N2CCN3C(=O)CCC3C2)cc1F. The van der Waals surface area contributed by atoms with Gasteiger partial charge >= 0.3 is 0 Å². The molecule has 2 heterocycles. The fourth-order valence-corrected chi connectivity index (χ4v) is 3.17. The highest BCUT2D eigenvalue weighted by molar-refractivity contribution is 7.80. The third-order valence-electron chi connectivity index (χ3n) is 4.08. The Morgan fingerprint density at radius 2 is 2.20 bits per heavy atom. The van der Waals surface area contributed by atoms with Gasteiger partial charge in [-0.3, -0.25) is 4.79 Å². The summed E-state index contributed by atoms with van der Waals surface area (Å²) in [5.74, 6) is -0.149. The molecule has 106 valence electrons. The molecule has 6 heteroatoms. The van der Waals surface area contributed by atoms with Crippen molar-refractivity contribution in [1.29, 1.82) is 0 Å². The zero-order chi connectivity index (χ0) is 14.3. The average Bonchev–Trinajstić information content (AvgIpc) is 2.79. The van der Waals surface area contributed by atoms with E-state index in [4.69, 9.17) is 18.0 Å². The van der Waals surface area contributed by atoms with Crippen LogP contribution in [0.2, 0.25) is 0 Å². The van der Waals surface area contributed by atoms with Crippen molar-refractivity contribution in [2.24, 2.45) is 5.73 Å². The Bertz CT molecular complexity index is 578. The standard InChI is InChI=1S/C14H16FN3OS/c15-12-7-9(1-3-11(12)14(16)20)17-5-6-18-10(8-17)2-4-13(18)19/h1,3,7,10H,2,4-6,8H2,(H2,16,20). The Morgan fingerprint density at radius 1 is 1.40 bits per heavy atom. The van der Waals surface area contributed by atoms with Crippen LogP contribution in [0.15, 0.2) is 18.2 Å². The molecule has 2 N–H and O–H groups in total. The summed E-state index contributed by atoms with van der Waals surface area (Å²) in [7, 11) is 0. The molecule has 0 bridgehead atoms.